The molecule has 20 heavy (non-hydrogen) atoms. The average Bonchev–Trinajstić information content (AvgIpc) is 2.23. The molecule has 0 radical (unpaired) electrons. The number of amides is 1. The van der Waals surface area contributed by atoms with E-state index in [1.807, 2.05) is 6.92 Å². The van der Waals surface area contributed by atoms with Crippen LogP contribution < -0.4 is 5.32 Å². The molecule has 1 aliphatic rings. The monoisotopic (exact) mass is 287 g/mol. The van der Waals surface area contributed by atoms with Gasteiger partial charge in [0.2, 0.25) is 0 Å². The first kappa shape index (κ1) is 16.8. The average molecular weight is 287 g/mol. The summed E-state index contributed by atoms with van der Waals surface area (Å²) in [6, 6.07) is 0. The predicted octanol–water partition coefficient (Wildman–Crippen LogP) is 2.01. The van der Waals surface area contributed by atoms with Crippen LogP contribution in [0.5, 0.6) is 0 Å². The summed E-state index contributed by atoms with van der Waals surface area (Å²) in [7, 11) is 0. The zero-order valence-corrected chi connectivity index (χ0v) is 12.9. The van der Waals surface area contributed by atoms with Crippen molar-refractivity contribution >= 4 is 12.1 Å². The Balaban J connectivity index is 2.66. The fourth-order valence-electron chi connectivity index (χ4n) is 2.16. The van der Waals surface area contributed by atoms with Crippen molar-refractivity contribution in [2.24, 2.45) is 0 Å². The normalized spacial score (nSPS) is 25.6. The Hall–Kier alpha value is -1.30. The van der Waals surface area contributed by atoms with Gasteiger partial charge in [0.05, 0.1) is 12.7 Å². The number of carbonyl (C=O) groups excluding carboxylic acids is 2. The molecule has 1 saturated carbocycles. The summed E-state index contributed by atoms with van der Waals surface area (Å²) in [5.41, 5.74) is -1.62. The van der Waals surface area contributed by atoms with Gasteiger partial charge >= 0.3 is 12.1 Å². The van der Waals surface area contributed by atoms with E-state index in [2.05, 4.69) is 5.32 Å². The minimum atomic E-state index is -1.02. The predicted molar refractivity (Wildman–Crippen MR) is 73.4 cm³/mol. The topological polar surface area (TPSA) is 73.9 Å². The van der Waals surface area contributed by atoms with Crippen LogP contribution in [0.15, 0.2) is 0 Å². The van der Waals surface area contributed by atoms with Gasteiger partial charge in [-0.1, -0.05) is 0 Å². The molecule has 0 atom stereocenters. The number of ether oxygens (including phenoxy) is 3. The number of esters is 1. The zero-order valence-electron chi connectivity index (χ0n) is 12.9. The summed E-state index contributed by atoms with van der Waals surface area (Å²) >= 11 is 0. The lowest BCUT2D eigenvalue weighted by molar-refractivity contribution is -0.163. The van der Waals surface area contributed by atoms with Gasteiger partial charge in [-0.25, -0.2) is 9.59 Å². The quantitative estimate of drug-likeness (QED) is 0.783. The van der Waals surface area contributed by atoms with Crippen LogP contribution in [0, 0.1) is 0 Å². The largest absolute Gasteiger partial charge is 0.464 e. The van der Waals surface area contributed by atoms with Gasteiger partial charge < -0.3 is 19.5 Å². The van der Waals surface area contributed by atoms with Crippen molar-refractivity contribution in [1.82, 2.24) is 5.32 Å². The third-order valence-electron chi connectivity index (χ3n) is 2.96. The van der Waals surface area contributed by atoms with Gasteiger partial charge in [-0.15, -0.1) is 0 Å². The number of hydrogen-bond donors (Lipinski definition) is 1. The maximum atomic E-state index is 12.1. The van der Waals surface area contributed by atoms with Gasteiger partial charge in [-0.05, 0) is 34.6 Å². The van der Waals surface area contributed by atoms with E-state index in [1.165, 1.54) is 0 Å². The lowest BCUT2D eigenvalue weighted by atomic mass is 9.74. The Labute approximate surface area is 120 Å². The van der Waals surface area contributed by atoms with Gasteiger partial charge in [-0.2, -0.15) is 0 Å². The van der Waals surface area contributed by atoms with Crippen LogP contribution in [-0.2, 0) is 19.0 Å². The zero-order chi connectivity index (χ0) is 15.4. The summed E-state index contributed by atoms with van der Waals surface area (Å²) < 4.78 is 15.7. The highest BCUT2D eigenvalue weighted by molar-refractivity contribution is 5.87. The first-order valence-corrected chi connectivity index (χ1v) is 7.02. The molecule has 0 heterocycles. The van der Waals surface area contributed by atoms with Crippen LogP contribution >= 0.6 is 0 Å². The molecule has 0 aromatic rings. The van der Waals surface area contributed by atoms with Gasteiger partial charge in [0, 0.05) is 19.4 Å². The van der Waals surface area contributed by atoms with E-state index >= 15 is 0 Å². The molecule has 116 valence electrons. The third kappa shape index (κ3) is 4.37. The van der Waals surface area contributed by atoms with E-state index in [-0.39, 0.29) is 12.7 Å². The van der Waals surface area contributed by atoms with Crippen LogP contribution in [0.2, 0.25) is 0 Å². The van der Waals surface area contributed by atoms with Crippen LogP contribution in [-0.4, -0.2) is 42.5 Å². The van der Waals surface area contributed by atoms with Crippen molar-refractivity contribution in [2.75, 3.05) is 13.2 Å². The smallest absolute Gasteiger partial charge is 0.408 e. The van der Waals surface area contributed by atoms with Crippen LogP contribution in [0.1, 0.15) is 47.5 Å². The van der Waals surface area contributed by atoms with Gasteiger partial charge in [-0.3, -0.25) is 0 Å². The molecule has 1 fully saturated rings. The molecule has 1 N–H and O–H groups in total. The summed E-state index contributed by atoms with van der Waals surface area (Å²) in [5, 5.41) is 2.64. The second-order valence-electron chi connectivity index (χ2n) is 5.92. The molecule has 0 spiro atoms. The van der Waals surface area contributed by atoms with E-state index in [9.17, 15) is 9.59 Å². The Kier molecular flexibility index (Phi) is 5.39. The first-order valence-electron chi connectivity index (χ1n) is 7.02. The van der Waals surface area contributed by atoms with Crippen LogP contribution in [0.4, 0.5) is 4.79 Å². The van der Waals surface area contributed by atoms with Gasteiger partial charge in [0.15, 0.2) is 0 Å². The molecule has 0 unspecified atom stereocenters. The number of carbonyl (C=O) groups is 2. The SMILES string of the molecule is CCOC(=O)C1(NC(=O)OC(C)(C)C)CC(OCC)C1. The van der Waals surface area contributed by atoms with E-state index in [1.54, 1.807) is 27.7 Å². The highest BCUT2D eigenvalue weighted by Gasteiger charge is 2.53. The summed E-state index contributed by atoms with van der Waals surface area (Å²) in [6.45, 7) is 9.80. The first-order chi connectivity index (χ1) is 9.22. The molecule has 0 bridgehead atoms. The molecule has 1 rings (SSSR count). The van der Waals surface area contributed by atoms with Crippen molar-refractivity contribution in [2.45, 2.75) is 64.7 Å². The van der Waals surface area contributed by atoms with E-state index in [4.69, 9.17) is 14.2 Å². The minimum Gasteiger partial charge on any atom is -0.464 e. The van der Waals surface area contributed by atoms with Crippen LogP contribution in [0.3, 0.4) is 0 Å². The van der Waals surface area contributed by atoms with Gasteiger partial charge in [0.1, 0.15) is 11.1 Å². The second-order valence-corrected chi connectivity index (χ2v) is 5.92. The molecule has 0 aromatic carbocycles. The molecule has 0 aliphatic heterocycles. The van der Waals surface area contributed by atoms with Gasteiger partial charge in [0.25, 0.3) is 0 Å². The van der Waals surface area contributed by atoms with E-state index < -0.39 is 23.2 Å². The molecule has 1 aliphatic carbocycles. The molecule has 6 heteroatoms. The molecule has 6 nitrogen and oxygen atoms in total. The highest BCUT2D eigenvalue weighted by atomic mass is 16.6. The summed E-state index contributed by atoms with van der Waals surface area (Å²) in [4.78, 5) is 23.9. The maximum Gasteiger partial charge on any atom is 0.408 e. The molecular formula is C14H25NO5. The van der Waals surface area contributed by atoms with Crippen molar-refractivity contribution in [3.8, 4) is 0 Å². The second kappa shape index (κ2) is 6.43. The maximum absolute atomic E-state index is 12.1. The standard InChI is InChI=1S/C14H25NO5/c1-6-18-10-8-14(9-10,11(16)19-7-2)15-12(17)20-13(3,4)5/h10H,6-9H2,1-5H3,(H,15,17). The van der Waals surface area contributed by atoms with E-state index in [0.29, 0.717) is 19.4 Å². The van der Waals surface area contributed by atoms with E-state index in [0.717, 1.165) is 0 Å². The van der Waals surface area contributed by atoms with Crippen molar-refractivity contribution in [3.63, 3.8) is 0 Å². The summed E-state index contributed by atoms with van der Waals surface area (Å²) in [5.74, 6) is -0.429. The molecule has 0 aromatic heterocycles. The highest BCUT2D eigenvalue weighted by Crippen LogP contribution is 2.36. The Morgan fingerprint density at radius 1 is 1.20 bits per heavy atom. The summed E-state index contributed by atoms with van der Waals surface area (Å²) in [6.07, 6.45) is 0.192. The number of alkyl carbamates (subject to hydrolysis) is 1. The third-order valence-corrected chi connectivity index (χ3v) is 2.96. The number of nitrogens with one attached hydrogen (secondary N) is 1. The number of hydrogen-bond acceptors (Lipinski definition) is 5. The Morgan fingerprint density at radius 2 is 1.80 bits per heavy atom. The van der Waals surface area contributed by atoms with Crippen molar-refractivity contribution in [3.05, 3.63) is 0 Å². The Bertz CT molecular complexity index is 355. The minimum absolute atomic E-state index is 0.0284. The lowest BCUT2D eigenvalue weighted by Crippen LogP contribution is -2.65. The fourth-order valence-corrected chi connectivity index (χ4v) is 2.16. The number of rotatable bonds is 5. The Morgan fingerprint density at radius 3 is 2.25 bits per heavy atom. The lowest BCUT2D eigenvalue weighted by Gasteiger charge is -2.45. The fraction of sp³-hybridized carbons (Fsp3) is 0.857. The molecule has 0 saturated heterocycles. The van der Waals surface area contributed by atoms with Crippen molar-refractivity contribution < 1.29 is 23.8 Å². The molecular weight excluding hydrogens is 262 g/mol. The van der Waals surface area contributed by atoms with Crippen LogP contribution in [0.25, 0.3) is 0 Å². The molecule has 1 amide bonds. The van der Waals surface area contributed by atoms with Crippen molar-refractivity contribution in [1.29, 1.82) is 0 Å².